The molecule has 0 spiro atoms. The van der Waals surface area contributed by atoms with Crippen LogP contribution in [0.3, 0.4) is 0 Å². The molecule has 0 unspecified atom stereocenters. The van der Waals surface area contributed by atoms with Crippen LogP contribution < -0.4 is 9.46 Å². The summed E-state index contributed by atoms with van der Waals surface area (Å²) in [4.78, 5) is 32.6. The van der Waals surface area contributed by atoms with E-state index in [-0.39, 0.29) is 23.6 Å². The highest BCUT2D eigenvalue weighted by molar-refractivity contribution is 7.90. The molecule has 2 aromatic carbocycles. The van der Waals surface area contributed by atoms with E-state index in [1.54, 1.807) is 33.2 Å². The van der Waals surface area contributed by atoms with Crippen LogP contribution in [-0.2, 0) is 16.6 Å². The minimum atomic E-state index is -3.83. The number of carbonyl (C=O) groups excluding carboxylic acids is 2. The van der Waals surface area contributed by atoms with Gasteiger partial charge in [0.1, 0.15) is 5.75 Å². The number of likely N-dealkylation sites (N-methyl/N-ethyl adjacent to an activating group) is 1. The Labute approximate surface area is 317 Å². The standard InChI is InChI=1S/C42H50N6O5S/c1-25(2)54(51,52)44-41(49)27-13-15-35-37(19-27)47-22-29(17-28-18-33(53-4)14-16-34(28)40(47)38(35)26-9-6-5-7-10-26)39-36(21-43-48(39)30-11-8-12-30)42(50)46-24-31-20-32(46)23-45(31)3/h13-19,21,25-26,30-32H,5-12,20,22-24H2,1-4H3,(H,44,49)/t31-,32-/m0/s1. The van der Waals surface area contributed by atoms with Gasteiger partial charge in [0.05, 0.1) is 48.1 Å². The first-order valence-electron chi connectivity index (χ1n) is 19.7. The molecule has 12 heteroatoms. The lowest BCUT2D eigenvalue weighted by Gasteiger charge is -2.32. The zero-order chi connectivity index (χ0) is 37.5. The number of benzene rings is 2. The van der Waals surface area contributed by atoms with E-state index in [1.165, 1.54) is 12.0 Å². The van der Waals surface area contributed by atoms with E-state index in [1.807, 2.05) is 18.2 Å². The van der Waals surface area contributed by atoms with Crippen molar-refractivity contribution in [2.75, 3.05) is 27.2 Å². The maximum atomic E-state index is 14.6. The third kappa shape index (κ3) is 5.79. The van der Waals surface area contributed by atoms with Crippen LogP contribution in [0.4, 0.5) is 0 Å². The number of piperazine rings is 1. The number of ether oxygens (including phenoxy) is 1. The number of fused-ring (bicyclic) bond motifs is 7. The summed E-state index contributed by atoms with van der Waals surface area (Å²) in [5.74, 6) is 0.477. The molecule has 2 aliphatic carbocycles. The summed E-state index contributed by atoms with van der Waals surface area (Å²) in [5.41, 5.74) is 8.09. The monoisotopic (exact) mass is 750 g/mol. The molecular formula is C42H50N6O5S. The van der Waals surface area contributed by atoms with E-state index in [0.29, 0.717) is 24.1 Å². The predicted octanol–water partition coefficient (Wildman–Crippen LogP) is 6.84. The summed E-state index contributed by atoms with van der Waals surface area (Å²) in [6, 6.07) is 12.7. The molecule has 2 aromatic heterocycles. The molecule has 2 amide bonds. The second-order valence-corrected chi connectivity index (χ2v) is 18.7. The molecule has 54 heavy (non-hydrogen) atoms. The third-order valence-corrected chi connectivity index (χ3v) is 14.6. The Balaban J connectivity index is 1.25. The molecule has 9 rings (SSSR count). The number of allylic oxidation sites excluding steroid dienone is 1. The Kier molecular flexibility index (Phi) is 8.76. The van der Waals surface area contributed by atoms with Crippen LogP contribution in [0.25, 0.3) is 33.8 Å². The maximum Gasteiger partial charge on any atom is 0.264 e. The normalized spacial score (nSPS) is 21.9. The van der Waals surface area contributed by atoms with Crippen molar-refractivity contribution in [1.29, 1.82) is 0 Å². The molecule has 4 fully saturated rings. The van der Waals surface area contributed by atoms with Crippen LogP contribution in [0.15, 0.2) is 42.6 Å². The fraction of sp³-hybridized carbons (Fsp3) is 0.500. The average Bonchev–Trinajstić information content (AvgIpc) is 3.90. The van der Waals surface area contributed by atoms with Gasteiger partial charge in [-0.3, -0.25) is 19.2 Å². The molecule has 4 aromatic rings. The Morgan fingerprint density at radius 2 is 1.72 bits per heavy atom. The molecule has 284 valence electrons. The molecule has 5 aliphatic rings. The van der Waals surface area contributed by atoms with Crippen molar-refractivity contribution in [3.63, 3.8) is 0 Å². The van der Waals surface area contributed by atoms with Crippen molar-refractivity contribution in [2.24, 2.45) is 0 Å². The topological polar surface area (TPSA) is 119 Å². The number of sulfonamides is 1. The van der Waals surface area contributed by atoms with Gasteiger partial charge in [-0.2, -0.15) is 5.10 Å². The number of nitrogens with one attached hydrogen (secondary N) is 1. The van der Waals surface area contributed by atoms with Gasteiger partial charge in [-0.15, -0.1) is 0 Å². The number of hydrogen-bond donors (Lipinski definition) is 1. The highest BCUT2D eigenvalue weighted by atomic mass is 32.2. The summed E-state index contributed by atoms with van der Waals surface area (Å²) >= 11 is 0. The second kappa shape index (κ2) is 13.4. The Bertz CT molecular complexity index is 2310. The van der Waals surface area contributed by atoms with Gasteiger partial charge < -0.3 is 14.2 Å². The summed E-state index contributed by atoms with van der Waals surface area (Å²) in [6.45, 7) is 5.17. The van der Waals surface area contributed by atoms with Crippen LogP contribution in [-0.4, -0.2) is 89.0 Å². The molecule has 2 saturated heterocycles. The van der Waals surface area contributed by atoms with Gasteiger partial charge in [0, 0.05) is 47.2 Å². The first-order valence-corrected chi connectivity index (χ1v) is 21.3. The van der Waals surface area contributed by atoms with Crippen molar-refractivity contribution in [2.45, 2.75) is 107 Å². The molecule has 3 aliphatic heterocycles. The van der Waals surface area contributed by atoms with Crippen molar-refractivity contribution in [3.8, 4) is 17.0 Å². The van der Waals surface area contributed by atoms with E-state index in [4.69, 9.17) is 9.84 Å². The zero-order valence-electron chi connectivity index (χ0n) is 31.7. The largest absolute Gasteiger partial charge is 0.497 e. The Hall–Kier alpha value is -4.42. The van der Waals surface area contributed by atoms with Gasteiger partial charge in [0.15, 0.2) is 0 Å². The Morgan fingerprint density at radius 1 is 0.926 bits per heavy atom. The van der Waals surface area contributed by atoms with Crippen LogP contribution in [0.2, 0.25) is 0 Å². The van der Waals surface area contributed by atoms with Crippen LogP contribution in [0, 0.1) is 0 Å². The third-order valence-electron chi connectivity index (χ3n) is 12.9. The molecule has 5 heterocycles. The number of carbonyl (C=O) groups is 2. The first kappa shape index (κ1) is 35.3. The Morgan fingerprint density at radius 3 is 2.39 bits per heavy atom. The summed E-state index contributed by atoms with van der Waals surface area (Å²) in [6.07, 6.45) is 13.9. The smallest absolute Gasteiger partial charge is 0.264 e. The fourth-order valence-corrected chi connectivity index (χ4v) is 10.3. The number of hydrogen-bond acceptors (Lipinski definition) is 7. The van der Waals surface area contributed by atoms with Crippen molar-refractivity contribution >= 4 is 44.4 Å². The molecule has 2 saturated carbocycles. The number of likely N-dealkylation sites (tertiary alicyclic amines) is 2. The molecule has 11 nitrogen and oxygen atoms in total. The summed E-state index contributed by atoms with van der Waals surface area (Å²) in [5, 5.41) is 5.29. The molecule has 0 radical (unpaired) electrons. The number of rotatable bonds is 8. The highest BCUT2D eigenvalue weighted by Crippen LogP contribution is 2.48. The maximum absolute atomic E-state index is 14.6. The molecule has 1 N–H and O–H groups in total. The van der Waals surface area contributed by atoms with E-state index >= 15 is 0 Å². The van der Waals surface area contributed by atoms with Crippen LogP contribution >= 0.6 is 0 Å². The van der Waals surface area contributed by atoms with Gasteiger partial charge in [-0.25, -0.2) is 13.1 Å². The minimum absolute atomic E-state index is 0.0398. The SMILES string of the molecule is COc1ccc2c(c1)C=C(c1c(C(=O)N3C[C@@H]4C[C@H]3CN4C)cnn1C1CCC1)Cn1c-2c(C2CCCCC2)c2ccc(C(=O)NS(=O)(=O)C(C)C)cc21. The van der Waals surface area contributed by atoms with E-state index < -0.39 is 21.2 Å². The molecule has 2 bridgehead atoms. The summed E-state index contributed by atoms with van der Waals surface area (Å²) in [7, 11) is -0.000973. The van der Waals surface area contributed by atoms with Crippen molar-refractivity contribution < 1.29 is 22.7 Å². The fourth-order valence-electron chi connectivity index (χ4n) is 9.65. The zero-order valence-corrected chi connectivity index (χ0v) is 32.5. The highest BCUT2D eigenvalue weighted by Gasteiger charge is 2.45. The first-order chi connectivity index (χ1) is 26.0. The van der Waals surface area contributed by atoms with Gasteiger partial charge >= 0.3 is 0 Å². The van der Waals surface area contributed by atoms with Gasteiger partial charge in [0.25, 0.3) is 11.8 Å². The van der Waals surface area contributed by atoms with Crippen LogP contribution in [0.1, 0.15) is 121 Å². The van der Waals surface area contributed by atoms with Crippen molar-refractivity contribution in [1.82, 2.24) is 28.9 Å². The lowest BCUT2D eigenvalue weighted by molar-refractivity contribution is 0.0649. The summed E-state index contributed by atoms with van der Waals surface area (Å²) < 4.78 is 38.1. The quantitative estimate of drug-likeness (QED) is 0.210. The number of nitrogens with zero attached hydrogens (tertiary/aromatic N) is 5. The van der Waals surface area contributed by atoms with E-state index in [0.717, 1.165) is 109 Å². The van der Waals surface area contributed by atoms with E-state index in [9.17, 15) is 18.0 Å². The molecular weight excluding hydrogens is 701 g/mol. The van der Waals surface area contributed by atoms with Crippen LogP contribution in [0.5, 0.6) is 5.75 Å². The van der Waals surface area contributed by atoms with E-state index in [2.05, 4.69) is 49.0 Å². The second-order valence-electron chi connectivity index (χ2n) is 16.4. The lowest BCUT2D eigenvalue weighted by Crippen LogP contribution is -2.47. The van der Waals surface area contributed by atoms with Gasteiger partial charge in [-0.1, -0.05) is 25.3 Å². The van der Waals surface area contributed by atoms with Crippen molar-refractivity contribution in [3.05, 3.63) is 70.5 Å². The van der Waals surface area contributed by atoms with Gasteiger partial charge in [0.2, 0.25) is 10.0 Å². The molecule has 2 atom stereocenters. The lowest BCUT2D eigenvalue weighted by atomic mass is 9.81. The average molecular weight is 751 g/mol. The number of amides is 2. The predicted molar refractivity (Wildman–Crippen MR) is 210 cm³/mol. The van der Waals surface area contributed by atoms with Gasteiger partial charge in [-0.05, 0) is 118 Å². The number of methoxy groups -OCH3 is 1. The minimum Gasteiger partial charge on any atom is -0.497 e. The number of aromatic nitrogens is 3.